The number of benzene rings is 1. The molecule has 0 saturated heterocycles. The van der Waals surface area contributed by atoms with Gasteiger partial charge in [-0.25, -0.2) is 4.79 Å². The first-order valence-corrected chi connectivity index (χ1v) is 5.97. The predicted octanol–water partition coefficient (Wildman–Crippen LogP) is 3.17. The number of halogens is 1. The Labute approximate surface area is 102 Å². The highest BCUT2D eigenvalue weighted by Gasteiger charge is 2.17. The van der Waals surface area contributed by atoms with E-state index in [-0.39, 0.29) is 12.1 Å². The molecular formula is C12H11IO2. The average molecular weight is 314 g/mol. The molecule has 0 bridgehead atoms. The van der Waals surface area contributed by atoms with Crippen LogP contribution in [0.1, 0.15) is 23.2 Å². The Morgan fingerprint density at radius 1 is 1.40 bits per heavy atom. The van der Waals surface area contributed by atoms with Crippen LogP contribution in [0.4, 0.5) is 0 Å². The first-order valence-electron chi connectivity index (χ1n) is 4.89. The molecule has 2 nitrogen and oxygen atoms in total. The fraction of sp³-hybridized carbons (Fsp3) is 0.250. The molecule has 0 fully saturated rings. The van der Waals surface area contributed by atoms with Crippen LogP contribution >= 0.6 is 22.6 Å². The minimum atomic E-state index is -0.225. The third-order valence-electron chi connectivity index (χ3n) is 2.32. The molecule has 0 radical (unpaired) electrons. The fourth-order valence-electron chi connectivity index (χ4n) is 1.53. The van der Waals surface area contributed by atoms with Crippen LogP contribution in [0.15, 0.2) is 36.4 Å². The molecule has 3 heteroatoms. The van der Waals surface area contributed by atoms with E-state index < -0.39 is 0 Å². The van der Waals surface area contributed by atoms with E-state index in [1.54, 1.807) is 6.07 Å². The van der Waals surface area contributed by atoms with Crippen molar-refractivity contribution in [1.29, 1.82) is 0 Å². The van der Waals surface area contributed by atoms with Gasteiger partial charge in [0.15, 0.2) is 0 Å². The summed E-state index contributed by atoms with van der Waals surface area (Å²) < 4.78 is 6.28. The molecule has 0 heterocycles. The summed E-state index contributed by atoms with van der Waals surface area (Å²) in [7, 11) is 0. The van der Waals surface area contributed by atoms with Gasteiger partial charge in [-0.3, -0.25) is 0 Å². The molecule has 1 aliphatic carbocycles. The molecule has 1 aromatic rings. The third kappa shape index (κ3) is 2.59. The molecule has 2 rings (SSSR count). The Kier molecular flexibility index (Phi) is 3.41. The van der Waals surface area contributed by atoms with Gasteiger partial charge in [0.05, 0.1) is 5.56 Å². The van der Waals surface area contributed by atoms with Crippen molar-refractivity contribution in [2.24, 2.45) is 0 Å². The molecule has 0 amide bonds. The number of hydrogen-bond donors (Lipinski definition) is 0. The first kappa shape index (κ1) is 10.7. The molecule has 0 unspecified atom stereocenters. The summed E-state index contributed by atoms with van der Waals surface area (Å²) >= 11 is 2.14. The highest BCUT2D eigenvalue weighted by molar-refractivity contribution is 14.1. The number of carbonyl (C=O) groups excluding carboxylic acids is 1. The van der Waals surface area contributed by atoms with Crippen LogP contribution in [0, 0.1) is 3.57 Å². The Hall–Kier alpha value is -0.840. The Morgan fingerprint density at radius 2 is 2.20 bits per heavy atom. The largest absolute Gasteiger partial charge is 0.455 e. The maximum absolute atomic E-state index is 11.8. The third-order valence-corrected chi connectivity index (χ3v) is 3.26. The standard InChI is InChI=1S/C12H11IO2/c13-11-8-4-3-7-10(11)12(14)15-9-5-1-2-6-9/h1,3-5,7-9H,2,6H2/t9-/m1/s1. The molecular weight excluding hydrogens is 303 g/mol. The van der Waals surface area contributed by atoms with Crippen LogP contribution < -0.4 is 0 Å². The van der Waals surface area contributed by atoms with Crippen molar-refractivity contribution in [3.05, 3.63) is 45.6 Å². The number of carbonyl (C=O) groups is 1. The zero-order valence-electron chi connectivity index (χ0n) is 8.15. The van der Waals surface area contributed by atoms with E-state index in [1.807, 2.05) is 30.4 Å². The molecule has 1 atom stereocenters. The minimum Gasteiger partial charge on any atom is -0.455 e. The van der Waals surface area contributed by atoms with E-state index in [2.05, 4.69) is 22.6 Å². The second-order valence-electron chi connectivity index (χ2n) is 3.43. The summed E-state index contributed by atoms with van der Waals surface area (Å²) in [6.45, 7) is 0. The van der Waals surface area contributed by atoms with Gasteiger partial charge in [-0.15, -0.1) is 0 Å². The maximum Gasteiger partial charge on any atom is 0.339 e. The van der Waals surface area contributed by atoms with E-state index in [0.29, 0.717) is 5.56 Å². The highest BCUT2D eigenvalue weighted by atomic mass is 127. The lowest BCUT2D eigenvalue weighted by Gasteiger charge is -2.10. The fourth-order valence-corrected chi connectivity index (χ4v) is 2.14. The Bertz CT molecular complexity index is 398. The maximum atomic E-state index is 11.8. The van der Waals surface area contributed by atoms with Crippen molar-refractivity contribution >= 4 is 28.6 Å². The van der Waals surface area contributed by atoms with Gasteiger partial charge in [-0.1, -0.05) is 18.2 Å². The first-order chi connectivity index (χ1) is 7.27. The van der Waals surface area contributed by atoms with Crippen molar-refractivity contribution in [2.45, 2.75) is 18.9 Å². The van der Waals surface area contributed by atoms with Gasteiger partial charge in [0.25, 0.3) is 0 Å². The summed E-state index contributed by atoms with van der Waals surface area (Å²) in [5, 5.41) is 0. The van der Waals surface area contributed by atoms with Gasteiger partial charge in [-0.05, 0) is 53.6 Å². The summed E-state index contributed by atoms with van der Waals surface area (Å²) in [5.74, 6) is -0.225. The lowest BCUT2D eigenvalue weighted by atomic mass is 10.2. The van der Waals surface area contributed by atoms with Gasteiger partial charge in [0.1, 0.15) is 6.10 Å². The summed E-state index contributed by atoms with van der Waals surface area (Å²) in [6, 6.07) is 7.46. The molecule has 78 valence electrons. The second kappa shape index (κ2) is 4.79. The zero-order chi connectivity index (χ0) is 10.7. The van der Waals surface area contributed by atoms with E-state index in [1.165, 1.54) is 0 Å². The van der Waals surface area contributed by atoms with Crippen molar-refractivity contribution in [1.82, 2.24) is 0 Å². The topological polar surface area (TPSA) is 26.3 Å². The van der Waals surface area contributed by atoms with Crippen LogP contribution in [0.2, 0.25) is 0 Å². The molecule has 1 aliphatic rings. The van der Waals surface area contributed by atoms with Crippen LogP contribution in [0.5, 0.6) is 0 Å². The molecule has 0 N–H and O–H groups in total. The second-order valence-corrected chi connectivity index (χ2v) is 4.59. The molecule has 15 heavy (non-hydrogen) atoms. The number of esters is 1. The summed E-state index contributed by atoms with van der Waals surface area (Å²) in [5.41, 5.74) is 0.651. The molecule has 0 saturated carbocycles. The summed E-state index contributed by atoms with van der Waals surface area (Å²) in [6.07, 6.45) is 5.88. The van der Waals surface area contributed by atoms with Gasteiger partial charge in [0.2, 0.25) is 0 Å². The quantitative estimate of drug-likeness (QED) is 0.476. The van der Waals surface area contributed by atoms with Gasteiger partial charge in [0, 0.05) is 3.57 Å². The predicted molar refractivity (Wildman–Crippen MR) is 66.7 cm³/mol. The normalized spacial score (nSPS) is 19.1. The molecule has 1 aromatic carbocycles. The molecule has 0 aliphatic heterocycles. The number of allylic oxidation sites excluding steroid dienone is 1. The van der Waals surface area contributed by atoms with Crippen LogP contribution in [0.25, 0.3) is 0 Å². The SMILES string of the molecule is O=C(O[C@@H]1C=CCC1)c1ccccc1I. The van der Waals surface area contributed by atoms with Gasteiger partial charge >= 0.3 is 5.97 Å². The van der Waals surface area contributed by atoms with Gasteiger partial charge < -0.3 is 4.74 Å². The van der Waals surface area contributed by atoms with Crippen molar-refractivity contribution < 1.29 is 9.53 Å². The monoisotopic (exact) mass is 314 g/mol. The highest BCUT2D eigenvalue weighted by Crippen LogP contribution is 2.17. The Balaban J connectivity index is 2.07. The summed E-state index contributed by atoms with van der Waals surface area (Å²) in [4.78, 5) is 11.8. The van der Waals surface area contributed by atoms with Crippen LogP contribution in [-0.4, -0.2) is 12.1 Å². The smallest absolute Gasteiger partial charge is 0.339 e. The Morgan fingerprint density at radius 3 is 2.87 bits per heavy atom. The number of hydrogen-bond acceptors (Lipinski definition) is 2. The van der Waals surface area contributed by atoms with Crippen molar-refractivity contribution in [3.63, 3.8) is 0 Å². The van der Waals surface area contributed by atoms with Crippen molar-refractivity contribution in [2.75, 3.05) is 0 Å². The zero-order valence-corrected chi connectivity index (χ0v) is 10.3. The lowest BCUT2D eigenvalue weighted by Crippen LogP contribution is -2.14. The van der Waals surface area contributed by atoms with E-state index in [0.717, 1.165) is 16.4 Å². The average Bonchev–Trinajstić information content (AvgIpc) is 2.71. The molecule has 0 spiro atoms. The van der Waals surface area contributed by atoms with E-state index in [9.17, 15) is 4.79 Å². The van der Waals surface area contributed by atoms with Gasteiger partial charge in [-0.2, -0.15) is 0 Å². The molecule has 0 aromatic heterocycles. The number of ether oxygens (including phenoxy) is 1. The van der Waals surface area contributed by atoms with Crippen LogP contribution in [0.3, 0.4) is 0 Å². The lowest BCUT2D eigenvalue weighted by molar-refractivity contribution is 0.0394. The van der Waals surface area contributed by atoms with E-state index >= 15 is 0 Å². The van der Waals surface area contributed by atoms with E-state index in [4.69, 9.17) is 4.74 Å². The van der Waals surface area contributed by atoms with Crippen molar-refractivity contribution in [3.8, 4) is 0 Å². The minimum absolute atomic E-state index is 0.0338. The van der Waals surface area contributed by atoms with Crippen LogP contribution in [-0.2, 0) is 4.74 Å². The number of rotatable bonds is 2.